The van der Waals surface area contributed by atoms with Gasteiger partial charge in [0.1, 0.15) is 18.3 Å². The summed E-state index contributed by atoms with van der Waals surface area (Å²) in [6.45, 7) is 3.48. The molecule has 4 aromatic rings. The Kier molecular flexibility index (Phi) is 6.08. The Balaban J connectivity index is 1.41. The number of hydrogen-bond acceptors (Lipinski definition) is 2. The van der Waals surface area contributed by atoms with Gasteiger partial charge in [-0.3, -0.25) is 14.6 Å². The Morgan fingerprint density at radius 1 is 1.00 bits per heavy atom. The molecule has 1 fully saturated rings. The summed E-state index contributed by atoms with van der Waals surface area (Å²) in [5.41, 5.74) is 4.43. The van der Waals surface area contributed by atoms with E-state index >= 15 is 0 Å². The molecular weight excluding hydrogens is 418 g/mol. The predicted octanol–water partition coefficient (Wildman–Crippen LogP) is 4.15. The van der Waals surface area contributed by atoms with E-state index in [1.165, 1.54) is 21.5 Å². The van der Waals surface area contributed by atoms with E-state index in [4.69, 9.17) is 11.6 Å². The first-order chi connectivity index (χ1) is 15.7. The molecule has 2 atom stereocenters. The zero-order valence-electron chi connectivity index (χ0n) is 17.9. The Bertz CT molecular complexity index is 1200. The van der Waals surface area contributed by atoms with E-state index in [9.17, 15) is 4.79 Å². The minimum Gasteiger partial charge on any atom is -0.361 e. The molecule has 0 bridgehead atoms. The van der Waals surface area contributed by atoms with Gasteiger partial charge in [0.25, 0.3) is 0 Å². The van der Waals surface area contributed by atoms with E-state index in [0.717, 1.165) is 43.7 Å². The molecule has 0 amide bonds. The fraction of sp³-hybridized carbons (Fsp3) is 0.222. The smallest absolute Gasteiger partial charge is 0.185 e. The van der Waals surface area contributed by atoms with Crippen molar-refractivity contribution in [2.45, 2.75) is 12.5 Å². The molecule has 1 saturated heterocycles. The van der Waals surface area contributed by atoms with Crippen LogP contribution in [0.25, 0.3) is 10.9 Å². The van der Waals surface area contributed by atoms with Gasteiger partial charge in [-0.15, -0.1) is 0 Å². The van der Waals surface area contributed by atoms with Crippen molar-refractivity contribution >= 4 is 34.0 Å². The molecule has 0 spiro atoms. The number of H-pyrrole nitrogens is 1. The van der Waals surface area contributed by atoms with Crippen LogP contribution in [0.4, 0.5) is 5.69 Å². The number of nitrogens with zero attached hydrogens (tertiary/aromatic N) is 1. The number of carbonyl (C=O) groups is 1. The number of benzene rings is 3. The van der Waals surface area contributed by atoms with E-state index in [0.29, 0.717) is 5.02 Å². The third-order valence-electron chi connectivity index (χ3n) is 6.52. The van der Waals surface area contributed by atoms with Crippen LogP contribution >= 0.6 is 11.6 Å². The Hall–Kier alpha value is -2.92. The molecule has 5 heteroatoms. The van der Waals surface area contributed by atoms with Gasteiger partial charge in [-0.2, -0.15) is 0 Å². The van der Waals surface area contributed by atoms with Crippen molar-refractivity contribution in [3.63, 3.8) is 0 Å². The van der Waals surface area contributed by atoms with Crippen LogP contribution in [-0.2, 0) is 6.42 Å². The number of piperazine rings is 1. The fourth-order valence-corrected chi connectivity index (χ4v) is 4.91. The van der Waals surface area contributed by atoms with Crippen molar-refractivity contribution in [1.29, 1.82) is 0 Å². The van der Waals surface area contributed by atoms with E-state index in [2.05, 4.69) is 58.4 Å². The van der Waals surface area contributed by atoms with Gasteiger partial charge < -0.3 is 4.98 Å². The minimum absolute atomic E-state index is 0.169. The summed E-state index contributed by atoms with van der Waals surface area (Å²) in [6, 6.07) is 26.2. The van der Waals surface area contributed by atoms with Crippen LogP contribution in [0.3, 0.4) is 0 Å². The number of hydrogen-bond donors (Lipinski definition) is 2. The maximum absolute atomic E-state index is 13.6. The topological polar surface area (TPSA) is 40.5 Å². The maximum Gasteiger partial charge on any atom is 0.185 e. The highest BCUT2D eigenvalue weighted by Crippen LogP contribution is 2.21. The summed E-state index contributed by atoms with van der Waals surface area (Å²) in [4.78, 5) is 20.7. The van der Waals surface area contributed by atoms with Crippen molar-refractivity contribution < 1.29 is 9.69 Å². The zero-order valence-corrected chi connectivity index (χ0v) is 18.7. The van der Waals surface area contributed by atoms with Gasteiger partial charge in [0.15, 0.2) is 5.78 Å². The first-order valence-corrected chi connectivity index (χ1v) is 11.6. The average molecular weight is 445 g/mol. The molecule has 2 heterocycles. The molecule has 0 aliphatic carbocycles. The number of aromatic nitrogens is 1. The van der Waals surface area contributed by atoms with Crippen molar-refractivity contribution in [1.82, 2.24) is 9.88 Å². The fourth-order valence-electron chi connectivity index (χ4n) is 4.79. The van der Waals surface area contributed by atoms with Crippen LogP contribution in [0.2, 0.25) is 5.02 Å². The highest BCUT2D eigenvalue weighted by Gasteiger charge is 2.36. The summed E-state index contributed by atoms with van der Waals surface area (Å²) >= 11 is 6.07. The number of Topliss-reactive ketones (excluding diaryl/α,β-unsaturated/α-hetero) is 1. The first-order valence-electron chi connectivity index (χ1n) is 11.2. The van der Waals surface area contributed by atoms with Crippen LogP contribution < -0.4 is 4.90 Å². The molecule has 32 heavy (non-hydrogen) atoms. The SMILES string of the molecule is O=C(c1ccc(Cl)cc1)C1C[NH+](c2cccc3[nH]ccc23)CCN1CCc1ccccc1. The van der Waals surface area contributed by atoms with Crippen molar-refractivity contribution in [3.05, 3.63) is 101 Å². The molecule has 2 N–H and O–H groups in total. The number of halogens is 1. The van der Waals surface area contributed by atoms with Crippen LogP contribution in [0, 0.1) is 0 Å². The second-order valence-corrected chi connectivity index (χ2v) is 8.90. The molecular formula is C27H27ClN3O+. The molecule has 1 aromatic heterocycles. The van der Waals surface area contributed by atoms with Gasteiger partial charge in [-0.1, -0.05) is 48.0 Å². The lowest BCUT2D eigenvalue weighted by Gasteiger charge is -2.38. The zero-order chi connectivity index (χ0) is 21.9. The van der Waals surface area contributed by atoms with Crippen LogP contribution in [-0.4, -0.2) is 47.9 Å². The standard InChI is InChI=1S/C27H26ClN3O/c28-22-11-9-21(10-12-22)27(32)26-19-31(25-8-4-7-24-23(25)13-15-29-24)18-17-30(26)16-14-20-5-2-1-3-6-20/h1-13,15,26,29H,14,16-19H2/p+1. The molecule has 5 rings (SSSR count). The third-order valence-corrected chi connectivity index (χ3v) is 6.77. The molecule has 3 aromatic carbocycles. The molecule has 2 unspecified atom stereocenters. The van der Waals surface area contributed by atoms with Gasteiger partial charge in [0.05, 0.1) is 17.4 Å². The van der Waals surface area contributed by atoms with Crippen LogP contribution in [0.15, 0.2) is 85.1 Å². The summed E-state index contributed by atoms with van der Waals surface area (Å²) in [6.07, 6.45) is 2.92. The first kappa shape index (κ1) is 21.0. The second kappa shape index (κ2) is 9.29. The Morgan fingerprint density at radius 2 is 1.81 bits per heavy atom. The molecule has 1 aliphatic rings. The second-order valence-electron chi connectivity index (χ2n) is 8.46. The molecule has 0 radical (unpaired) electrons. The average Bonchev–Trinajstić information content (AvgIpc) is 3.32. The minimum atomic E-state index is -0.169. The van der Waals surface area contributed by atoms with Gasteiger partial charge in [-0.25, -0.2) is 0 Å². The number of carbonyl (C=O) groups excluding carboxylic acids is 1. The summed E-state index contributed by atoms with van der Waals surface area (Å²) < 4.78 is 0. The summed E-state index contributed by atoms with van der Waals surface area (Å²) in [7, 11) is 0. The monoisotopic (exact) mass is 444 g/mol. The van der Waals surface area contributed by atoms with Crippen LogP contribution in [0.1, 0.15) is 15.9 Å². The van der Waals surface area contributed by atoms with Gasteiger partial charge >= 0.3 is 0 Å². The molecule has 0 saturated carbocycles. The quantitative estimate of drug-likeness (QED) is 0.439. The van der Waals surface area contributed by atoms with E-state index in [-0.39, 0.29) is 11.8 Å². The Labute approximate surface area is 193 Å². The highest BCUT2D eigenvalue weighted by atomic mass is 35.5. The largest absolute Gasteiger partial charge is 0.361 e. The predicted molar refractivity (Wildman–Crippen MR) is 130 cm³/mol. The number of fused-ring (bicyclic) bond motifs is 1. The normalized spacial score (nSPS) is 19.3. The molecule has 1 aliphatic heterocycles. The van der Waals surface area contributed by atoms with E-state index in [1.54, 1.807) is 12.1 Å². The third kappa shape index (κ3) is 4.35. The maximum atomic E-state index is 13.6. The summed E-state index contributed by atoms with van der Waals surface area (Å²) in [5.74, 6) is 0.174. The molecule has 162 valence electrons. The van der Waals surface area contributed by atoms with E-state index < -0.39 is 0 Å². The Morgan fingerprint density at radius 3 is 2.62 bits per heavy atom. The number of rotatable bonds is 6. The summed E-state index contributed by atoms with van der Waals surface area (Å²) in [5, 5.41) is 1.88. The van der Waals surface area contributed by atoms with Crippen molar-refractivity contribution in [3.8, 4) is 0 Å². The number of aromatic amines is 1. The number of nitrogens with one attached hydrogen (secondary N) is 2. The lowest BCUT2D eigenvalue weighted by molar-refractivity contribution is -0.839. The lowest BCUT2D eigenvalue weighted by atomic mass is 9.99. The van der Waals surface area contributed by atoms with Crippen molar-refractivity contribution in [2.24, 2.45) is 0 Å². The van der Waals surface area contributed by atoms with Gasteiger partial charge in [0.2, 0.25) is 0 Å². The van der Waals surface area contributed by atoms with E-state index in [1.807, 2.05) is 24.4 Å². The van der Waals surface area contributed by atoms with Crippen LogP contribution in [0.5, 0.6) is 0 Å². The van der Waals surface area contributed by atoms with Crippen molar-refractivity contribution in [2.75, 3.05) is 26.2 Å². The highest BCUT2D eigenvalue weighted by molar-refractivity contribution is 6.30. The lowest BCUT2D eigenvalue weighted by Crippen LogP contribution is -3.11. The molecule has 4 nitrogen and oxygen atoms in total. The number of quaternary nitrogens is 1. The van der Waals surface area contributed by atoms with Gasteiger partial charge in [-0.05, 0) is 54.4 Å². The number of ketones is 1. The van der Waals surface area contributed by atoms with Gasteiger partial charge in [0, 0.05) is 29.9 Å².